The first kappa shape index (κ1) is 24.2. The third-order valence-electron chi connectivity index (χ3n) is 5.33. The van der Waals surface area contributed by atoms with Crippen LogP contribution in [0, 0.1) is 0 Å². The lowest BCUT2D eigenvalue weighted by atomic mass is 10.1. The molecule has 0 radical (unpaired) electrons. The van der Waals surface area contributed by atoms with E-state index in [0.29, 0.717) is 21.2 Å². The summed E-state index contributed by atoms with van der Waals surface area (Å²) in [6.45, 7) is 1.62. The number of nitrogens with one attached hydrogen (secondary N) is 1. The third kappa shape index (κ3) is 5.60. The van der Waals surface area contributed by atoms with E-state index in [1.165, 1.54) is 6.20 Å². The first-order valence-electron chi connectivity index (χ1n) is 10.1. The van der Waals surface area contributed by atoms with Crippen molar-refractivity contribution in [3.8, 4) is 21.1 Å². The number of anilines is 1. The highest BCUT2D eigenvalue weighted by Crippen LogP contribution is 2.41. The number of rotatable bonds is 6. The molecule has 0 spiro atoms. The monoisotopic (exact) mass is 515 g/mol. The van der Waals surface area contributed by atoms with E-state index in [9.17, 15) is 18.3 Å². The Hall–Kier alpha value is -1.92. The lowest BCUT2D eigenvalue weighted by Gasteiger charge is -2.30. The van der Waals surface area contributed by atoms with E-state index < -0.39 is 11.7 Å². The topological polar surface area (TPSA) is 74.2 Å². The highest BCUT2D eigenvalue weighted by atomic mass is 35.5. The molecule has 1 fully saturated rings. The van der Waals surface area contributed by atoms with E-state index in [1.807, 2.05) is 6.26 Å². The van der Waals surface area contributed by atoms with E-state index >= 15 is 0 Å². The second-order valence-corrected chi connectivity index (χ2v) is 9.81. The minimum Gasteiger partial charge on any atom is -0.392 e. The summed E-state index contributed by atoms with van der Waals surface area (Å²) in [6, 6.07) is 5.08. The lowest BCUT2D eigenvalue weighted by Crippen LogP contribution is -2.35. The molecule has 6 nitrogen and oxygen atoms in total. The SMILES string of the molecule is CSN1CCC(Nc2ncc(C(F)(F)F)c(-c3cnc(-c4ccc(CO)cc4Cl)s3)n2)CC1. The highest BCUT2D eigenvalue weighted by molar-refractivity contribution is 7.96. The Morgan fingerprint density at radius 1 is 1.24 bits per heavy atom. The number of benzene rings is 1. The molecule has 1 aliphatic rings. The maximum Gasteiger partial charge on any atom is 0.420 e. The minimum atomic E-state index is -4.61. The summed E-state index contributed by atoms with van der Waals surface area (Å²) in [5, 5.41) is 13.3. The number of aliphatic hydroxyl groups excluding tert-OH is 1. The molecule has 0 unspecified atom stereocenters. The van der Waals surface area contributed by atoms with Crippen molar-refractivity contribution in [2.45, 2.75) is 31.7 Å². The van der Waals surface area contributed by atoms with Gasteiger partial charge < -0.3 is 10.4 Å². The number of aromatic nitrogens is 3. The van der Waals surface area contributed by atoms with Gasteiger partial charge in [0.25, 0.3) is 0 Å². The molecule has 3 aromatic rings. The molecule has 176 valence electrons. The number of aliphatic hydroxyl groups is 1. The van der Waals surface area contributed by atoms with Gasteiger partial charge in [0.2, 0.25) is 5.95 Å². The molecule has 33 heavy (non-hydrogen) atoms. The Balaban J connectivity index is 1.64. The average molecular weight is 516 g/mol. The molecule has 0 amide bonds. The van der Waals surface area contributed by atoms with E-state index in [4.69, 9.17) is 11.6 Å². The molecule has 1 aromatic carbocycles. The van der Waals surface area contributed by atoms with Gasteiger partial charge in [0.15, 0.2) is 0 Å². The summed E-state index contributed by atoms with van der Waals surface area (Å²) >= 11 is 9.04. The normalized spacial score (nSPS) is 15.7. The number of hydrogen-bond acceptors (Lipinski definition) is 8. The fourth-order valence-corrected chi connectivity index (χ4v) is 5.43. The molecule has 1 aliphatic heterocycles. The van der Waals surface area contributed by atoms with Gasteiger partial charge in [-0.1, -0.05) is 35.7 Å². The van der Waals surface area contributed by atoms with Crippen LogP contribution in [-0.2, 0) is 12.8 Å². The number of nitrogens with zero attached hydrogens (tertiary/aromatic N) is 4. The minimum absolute atomic E-state index is 0.0962. The third-order valence-corrected chi connectivity index (χ3v) is 7.56. The van der Waals surface area contributed by atoms with Crippen LogP contribution in [0.5, 0.6) is 0 Å². The molecule has 3 heterocycles. The lowest BCUT2D eigenvalue weighted by molar-refractivity contribution is -0.137. The van der Waals surface area contributed by atoms with Gasteiger partial charge in [-0.05, 0) is 30.7 Å². The number of alkyl halides is 3. The van der Waals surface area contributed by atoms with Gasteiger partial charge in [-0.3, -0.25) is 4.31 Å². The van der Waals surface area contributed by atoms with Crippen LogP contribution in [0.25, 0.3) is 21.1 Å². The molecule has 1 saturated heterocycles. The van der Waals surface area contributed by atoms with Crippen molar-refractivity contribution in [2.24, 2.45) is 0 Å². The summed E-state index contributed by atoms with van der Waals surface area (Å²) in [5.41, 5.74) is 0.0805. The molecular weight excluding hydrogens is 495 g/mol. The van der Waals surface area contributed by atoms with Gasteiger partial charge in [0, 0.05) is 37.1 Å². The summed E-state index contributed by atoms with van der Waals surface area (Å²) in [4.78, 5) is 12.7. The summed E-state index contributed by atoms with van der Waals surface area (Å²) in [6.07, 6.45) is 1.32. The van der Waals surface area contributed by atoms with Crippen LogP contribution in [0.15, 0.2) is 30.6 Å². The van der Waals surface area contributed by atoms with Gasteiger partial charge in [0.1, 0.15) is 10.6 Å². The molecule has 0 aliphatic carbocycles. The van der Waals surface area contributed by atoms with Crippen molar-refractivity contribution in [1.82, 2.24) is 19.3 Å². The molecule has 2 aromatic heterocycles. The van der Waals surface area contributed by atoms with E-state index in [0.717, 1.165) is 43.5 Å². The predicted octanol–water partition coefficient (Wildman–Crippen LogP) is 5.59. The number of halogens is 4. The van der Waals surface area contributed by atoms with Crippen LogP contribution in [0.3, 0.4) is 0 Å². The summed E-state index contributed by atoms with van der Waals surface area (Å²) in [5.74, 6) is 0.167. The molecule has 0 saturated carbocycles. The maximum absolute atomic E-state index is 13.7. The predicted molar refractivity (Wildman–Crippen MR) is 126 cm³/mol. The van der Waals surface area contributed by atoms with E-state index in [2.05, 4.69) is 24.6 Å². The second kappa shape index (κ2) is 10.1. The molecular formula is C21H21ClF3N5OS2. The van der Waals surface area contributed by atoms with Crippen LogP contribution in [0.4, 0.5) is 19.1 Å². The van der Waals surface area contributed by atoms with E-state index in [1.54, 1.807) is 30.1 Å². The highest BCUT2D eigenvalue weighted by Gasteiger charge is 2.36. The molecule has 0 bridgehead atoms. The van der Waals surface area contributed by atoms with Crippen LogP contribution >= 0.6 is 34.9 Å². The van der Waals surface area contributed by atoms with Gasteiger partial charge in [-0.15, -0.1) is 11.3 Å². The zero-order chi connectivity index (χ0) is 23.6. The Bertz CT molecular complexity index is 1120. The Labute approximate surface area is 202 Å². The zero-order valence-corrected chi connectivity index (χ0v) is 20.0. The van der Waals surface area contributed by atoms with Crippen LogP contribution < -0.4 is 5.32 Å². The maximum atomic E-state index is 13.7. The van der Waals surface area contributed by atoms with Gasteiger partial charge in [0.05, 0.1) is 22.2 Å². The van der Waals surface area contributed by atoms with Crippen LogP contribution in [-0.4, -0.2) is 49.8 Å². The zero-order valence-electron chi connectivity index (χ0n) is 17.6. The second-order valence-electron chi connectivity index (χ2n) is 7.49. The molecule has 0 atom stereocenters. The van der Waals surface area contributed by atoms with Crippen molar-refractivity contribution in [2.75, 3.05) is 24.7 Å². The quantitative estimate of drug-likeness (QED) is 0.415. The van der Waals surface area contributed by atoms with Crippen molar-refractivity contribution < 1.29 is 18.3 Å². The van der Waals surface area contributed by atoms with Crippen molar-refractivity contribution >= 4 is 40.8 Å². The van der Waals surface area contributed by atoms with Crippen LogP contribution in [0.2, 0.25) is 5.02 Å². The fourth-order valence-electron chi connectivity index (χ4n) is 3.55. The number of piperidine rings is 1. The van der Waals surface area contributed by atoms with Gasteiger partial charge in [-0.25, -0.2) is 15.0 Å². The first-order valence-corrected chi connectivity index (χ1v) is 12.5. The smallest absolute Gasteiger partial charge is 0.392 e. The largest absolute Gasteiger partial charge is 0.420 e. The fraction of sp³-hybridized carbons (Fsp3) is 0.381. The Kier molecular flexibility index (Phi) is 7.44. The standard InChI is InChI=1S/C21H21ClF3N5OS2/c1-32-30-6-4-13(5-7-30)28-20-27-9-15(21(23,24)25)18(29-20)17-10-26-19(33-17)14-3-2-12(11-31)8-16(14)22/h2-3,8-10,13,31H,4-7,11H2,1H3,(H,27,28,29). The average Bonchev–Trinajstić information content (AvgIpc) is 3.28. The van der Waals surface area contributed by atoms with Crippen LogP contribution in [0.1, 0.15) is 24.0 Å². The number of hydrogen-bond donors (Lipinski definition) is 2. The van der Waals surface area contributed by atoms with Crippen molar-refractivity contribution in [3.63, 3.8) is 0 Å². The van der Waals surface area contributed by atoms with Gasteiger partial charge in [-0.2, -0.15) is 13.2 Å². The van der Waals surface area contributed by atoms with Crippen molar-refractivity contribution in [1.29, 1.82) is 0 Å². The molecule has 4 rings (SSSR count). The van der Waals surface area contributed by atoms with E-state index in [-0.39, 0.29) is 29.2 Å². The van der Waals surface area contributed by atoms with Gasteiger partial charge >= 0.3 is 6.18 Å². The molecule has 12 heteroatoms. The Morgan fingerprint density at radius 2 is 2.00 bits per heavy atom. The molecule has 2 N–H and O–H groups in total. The Morgan fingerprint density at radius 3 is 2.64 bits per heavy atom. The number of thiazole rings is 1. The van der Waals surface area contributed by atoms with Crippen molar-refractivity contribution in [3.05, 3.63) is 46.7 Å². The summed E-state index contributed by atoms with van der Waals surface area (Å²) < 4.78 is 43.4. The summed E-state index contributed by atoms with van der Waals surface area (Å²) in [7, 11) is 0. The first-order chi connectivity index (χ1) is 15.8.